The number of hydrogen-bond donors (Lipinski definition) is 0. The normalized spacial score (nSPS) is 16.5. The monoisotopic (exact) mass is 391 g/mol. The fraction of sp³-hybridized carbons (Fsp3) is 0.316. The van der Waals surface area contributed by atoms with Crippen molar-refractivity contribution < 1.29 is 27.4 Å². The maximum atomic E-state index is 12.7. The first-order valence-electron chi connectivity index (χ1n) is 8.46. The van der Waals surface area contributed by atoms with Crippen molar-refractivity contribution in [2.75, 3.05) is 19.7 Å². The first kappa shape index (κ1) is 19.5. The lowest BCUT2D eigenvalue weighted by molar-refractivity contribution is -0.137. The molecule has 0 N–H and O–H groups in total. The van der Waals surface area contributed by atoms with Crippen LogP contribution in [0.25, 0.3) is 0 Å². The summed E-state index contributed by atoms with van der Waals surface area (Å²) in [5, 5.41) is 8.89. The molecule has 1 fully saturated rings. The van der Waals surface area contributed by atoms with E-state index in [4.69, 9.17) is 14.7 Å². The Morgan fingerprint density at radius 2 is 2.14 bits per heavy atom. The van der Waals surface area contributed by atoms with Crippen LogP contribution < -0.4 is 9.47 Å². The molecule has 0 bridgehead atoms. The van der Waals surface area contributed by atoms with Crippen LogP contribution in [0.4, 0.5) is 13.2 Å². The van der Waals surface area contributed by atoms with Gasteiger partial charge in [0.2, 0.25) is 5.88 Å². The highest BCUT2D eigenvalue weighted by atomic mass is 19.4. The molecule has 6 nitrogen and oxygen atoms in total. The van der Waals surface area contributed by atoms with Crippen LogP contribution in [0.1, 0.15) is 17.5 Å². The van der Waals surface area contributed by atoms with Crippen molar-refractivity contribution in [2.24, 2.45) is 0 Å². The van der Waals surface area contributed by atoms with Gasteiger partial charge in [-0.2, -0.15) is 18.4 Å². The van der Waals surface area contributed by atoms with Crippen LogP contribution in [0.2, 0.25) is 0 Å². The summed E-state index contributed by atoms with van der Waals surface area (Å²) < 4.78 is 49.1. The molecule has 1 unspecified atom stereocenters. The minimum atomic E-state index is -4.47. The number of carbonyl (C=O) groups is 1. The molecule has 0 saturated carbocycles. The smallest absolute Gasteiger partial charge is 0.416 e. The number of hydrogen-bond acceptors (Lipinski definition) is 5. The zero-order chi connectivity index (χ0) is 20.1. The average Bonchev–Trinajstić information content (AvgIpc) is 3.14. The Balaban J connectivity index is 1.51. The number of pyridine rings is 1. The molecule has 2 heterocycles. The molecule has 0 aliphatic carbocycles. The van der Waals surface area contributed by atoms with E-state index in [2.05, 4.69) is 4.98 Å². The third-order valence-corrected chi connectivity index (χ3v) is 4.17. The minimum Gasteiger partial charge on any atom is -0.484 e. The van der Waals surface area contributed by atoms with Gasteiger partial charge in [0.05, 0.1) is 23.7 Å². The van der Waals surface area contributed by atoms with Gasteiger partial charge in [-0.05, 0) is 24.3 Å². The van der Waals surface area contributed by atoms with E-state index in [0.717, 1.165) is 12.1 Å². The van der Waals surface area contributed by atoms with Gasteiger partial charge in [0.15, 0.2) is 6.61 Å². The predicted octanol–water partition coefficient (Wildman–Crippen LogP) is 3.03. The average molecular weight is 391 g/mol. The molecule has 1 atom stereocenters. The van der Waals surface area contributed by atoms with Crippen molar-refractivity contribution in [3.63, 3.8) is 0 Å². The Hall–Kier alpha value is -3.28. The summed E-state index contributed by atoms with van der Waals surface area (Å²) in [6, 6.07) is 9.46. The van der Waals surface area contributed by atoms with Crippen molar-refractivity contribution in [2.45, 2.75) is 18.7 Å². The molecule has 1 aromatic carbocycles. The number of carbonyl (C=O) groups excluding carboxylic acids is 1. The fourth-order valence-electron chi connectivity index (χ4n) is 2.76. The summed E-state index contributed by atoms with van der Waals surface area (Å²) in [7, 11) is 0. The van der Waals surface area contributed by atoms with E-state index < -0.39 is 11.7 Å². The molecular formula is C19H16F3N3O3. The van der Waals surface area contributed by atoms with Gasteiger partial charge in [-0.3, -0.25) is 4.79 Å². The van der Waals surface area contributed by atoms with Crippen molar-refractivity contribution in [3.8, 4) is 17.7 Å². The van der Waals surface area contributed by atoms with Crippen LogP contribution in [0.15, 0.2) is 42.6 Å². The molecule has 146 valence electrons. The number of amides is 1. The number of aromatic nitrogens is 1. The number of nitrogens with zero attached hydrogens (tertiary/aromatic N) is 3. The predicted molar refractivity (Wildman–Crippen MR) is 91.5 cm³/mol. The molecule has 1 aliphatic rings. The second kappa shape index (κ2) is 8.17. The Morgan fingerprint density at radius 3 is 2.89 bits per heavy atom. The zero-order valence-electron chi connectivity index (χ0n) is 14.6. The van der Waals surface area contributed by atoms with Gasteiger partial charge < -0.3 is 14.4 Å². The van der Waals surface area contributed by atoms with E-state index in [0.29, 0.717) is 31.0 Å². The molecule has 0 spiro atoms. The number of nitriles is 1. The van der Waals surface area contributed by atoms with Gasteiger partial charge in [0.1, 0.15) is 11.9 Å². The van der Waals surface area contributed by atoms with Crippen LogP contribution in [-0.4, -0.2) is 41.6 Å². The largest absolute Gasteiger partial charge is 0.484 e. The third kappa shape index (κ3) is 4.91. The zero-order valence-corrected chi connectivity index (χ0v) is 14.6. The van der Waals surface area contributed by atoms with E-state index in [1.54, 1.807) is 6.07 Å². The Labute approximate surface area is 159 Å². The number of likely N-dealkylation sites (tertiary alicyclic amines) is 1. The first-order chi connectivity index (χ1) is 13.3. The lowest BCUT2D eigenvalue weighted by Gasteiger charge is -2.17. The maximum Gasteiger partial charge on any atom is 0.416 e. The van der Waals surface area contributed by atoms with Crippen LogP contribution >= 0.6 is 0 Å². The number of alkyl halides is 3. The van der Waals surface area contributed by atoms with Crippen molar-refractivity contribution in [1.29, 1.82) is 5.26 Å². The Morgan fingerprint density at radius 1 is 1.32 bits per heavy atom. The van der Waals surface area contributed by atoms with Crippen molar-refractivity contribution in [1.82, 2.24) is 9.88 Å². The molecule has 28 heavy (non-hydrogen) atoms. The highest BCUT2D eigenvalue weighted by Crippen LogP contribution is 2.31. The van der Waals surface area contributed by atoms with E-state index >= 15 is 0 Å². The van der Waals surface area contributed by atoms with E-state index in [1.807, 2.05) is 6.07 Å². The number of rotatable bonds is 5. The second-order valence-corrected chi connectivity index (χ2v) is 6.18. The van der Waals surface area contributed by atoms with Crippen LogP contribution in [0.3, 0.4) is 0 Å². The minimum absolute atomic E-state index is 0.0207. The fourth-order valence-corrected chi connectivity index (χ4v) is 2.76. The molecule has 1 amide bonds. The van der Waals surface area contributed by atoms with Crippen LogP contribution in [0, 0.1) is 11.3 Å². The summed E-state index contributed by atoms with van der Waals surface area (Å²) in [5.41, 5.74) is -0.412. The lowest BCUT2D eigenvalue weighted by atomic mass is 10.2. The summed E-state index contributed by atoms with van der Waals surface area (Å²) in [6.07, 6.45) is -2.71. The number of ether oxygens (including phenoxy) is 2. The standard InChI is InChI=1S/C19H16F3N3O3/c20-19(21,22)14-2-1-3-15(9-14)27-12-18(26)25-7-5-16(11-25)28-17-8-13(10-23)4-6-24-17/h1-4,6,8-9,16H,5,7,11-12H2. The van der Waals surface area contributed by atoms with Crippen molar-refractivity contribution >= 4 is 5.91 Å². The number of halogens is 3. The van der Waals surface area contributed by atoms with E-state index in [9.17, 15) is 18.0 Å². The van der Waals surface area contributed by atoms with Gasteiger partial charge in [-0.1, -0.05) is 6.07 Å². The van der Waals surface area contributed by atoms with E-state index in [1.165, 1.54) is 29.3 Å². The highest BCUT2D eigenvalue weighted by molar-refractivity contribution is 5.78. The summed E-state index contributed by atoms with van der Waals surface area (Å²) in [4.78, 5) is 17.8. The molecule has 3 rings (SSSR count). The summed E-state index contributed by atoms with van der Waals surface area (Å²) in [6.45, 7) is 0.382. The van der Waals surface area contributed by atoms with Gasteiger partial charge in [-0.25, -0.2) is 4.98 Å². The Kier molecular flexibility index (Phi) is 5.68. The molecule has 1 aromatic heterocycles. The summed E-state index contributed by atoms with van der Waals surface area (Å²) in [5.74, 6) is -0.0616. The van der Waals surface area contributed by atoms with Gasteiger partial charge in [0, 0.05) is 25.2 Å². The van der Waals surface area contributed by atoms with Crippen LogP contribution in [0.5, 0.6) is 11.6 Å². The van der Waals surface area contributed by atoms with Gasteiger partial charge >= 0.3 is 6.18 Å². The quantitative estimate of drug-likeness (QED) is 0.783. The second-order valence-electron chi connectivity index (χ2n) is 6.18. The molecule has 2 aromatic rings. The topological polar surface area (TPSA) is 75.5 Å². The third-order valence-electron chi connectivity index (χ3n) is 4.17. The highest BCUT2D eigenvalue weighted by Gasteiger charge is 2.31. The van der Waals surface area contributed by atoms with Gasteiger partial charge in [-0.15, -0.1) is 0 Å². The molecule has 0 radical (unpaired) electrons. The SMILES string of the molecule is N#Cc1ccnc(OC2CCN(C(=O)COc3cccc(C(F)(F)F)c3)C2)c1. The molecule has 9 heteroatoms. The summed E-state index contributed by atoms with van der Waals surface area (Å²) >= 11 is 0. The molecule has 1 aliphatic heterocycles. The first-order valence-corrected chi connectivity index (χ1v) is 8.46. The molecule has 1 saturated heterocycles. The lowest BCUT2D eigenvalue weighted by Crippen LogP contribution is -2.34. The van der Waals surface area contributed by atoms with Crippen molar-refractivity contribution in [3.05, 3.63) is 53.7 Å². The van der Waals surface area contributed by atoms with E-state index in [-0.39, 0.29) is 24.4 Å². The Bertz CT molecular complexity index is 896. The van der Waals surface area contributed by atoms with Gasteiger partial charge in [0.25, 0.3) is 5.91 Å². The maximum absolute atomic E-state index is 12.7. The van der Waals surface area contributed by atoms with Crippen LogP contribution in [-0.2, 0) is 11.0 Å². The molecular weight excluding hydrogens is 375 g/mol. The number of benzene rings is 1.